The zero-order valence-electron chi connectivity index (χ0n) is 28.1. The highest BCUT2D eigenvalue weighted by Gasteiger charge is 2.28. The minimum atomic E-state index is -1.04. The lowest BCUT2D eigenvalue weighted by atomic mass is 9.82. The van der Waals surface area contributed by atoms with Gasteiger partial charge in [-0.1, -0.05) is 25.3 Å². The number of carboxylic acid groups (broad SMARTS) is 2. The van der Waals surface area contributed by atoms with Gasteiger partial charge in [-0.15, -0.1) is 0 Å². The normalized spacial score (nSPS) is 17.6. The maximum atomic E-state index is 12.6. The molecule has 0 radical (unpaired) electrons. The van der Waals surface area contributed by atoms with Crippen molar-refractivity contribution in [3.05, 3.63) is 77.4 Å². The predicted molar refractivity (Wildman–Crippen MR) is 190 cm³/mol. The largest absolute Gasteiger partial charge is 0.489 e. The topological polar surface area (TPSA) is 116 Å². The summed E-state index contributed by atoms with van der Waals surface area (Å²) >= 11 is 0. The van der Waals surface area contributed by atoms with Gasteiger partial charge in [-0.05, 0) is 98.0 Å². The highest BCUT2D eigenvalue weighted by atomic mass is 16.5. The third kappa shape index (κ3) is 6.74. The molecule has 1 aliphatic carbocycles. The molecule has 1 saturated carbocycles. The average molecular weight is 665 g/mol. The molecule has 2 saturated heterocycles. The van der Waals surface area contributed by atoms with Crippen molar-refractivity contribution in [2.45, 2.75) is 64.0 Å². The molecule has 3 heterocycles. The van der Waals surface area contributed by atoms with Crippen LogP contribution in [0.5, 0.6) is 5.75 Å². The monoisotopic (exact) mass is 664 g/mol. The van der Waals surface area contributed by atoms with Crippen LogP contribution in [-0.2, 0) is 22.7 Å². The lowest BCUT2D eigenvalue weighted by Crippen LogP contribution is -2.44. The molecule has 0 bridgehead atoms. The Hall–Kier alpha value is -4.83. The van der Waals surface area contributed by atoms with Gasteiger partial charge in [0.05, 0.1) is 16.8 Å². The van der Waals surface area contributed by atoms with Crippen molar-refractivity contribution in [3.8, 4) is 17.0 Å². The first-order valence-electron chi connectivity index (χ1n) is 17.5. The lowest BCUT2D eigenvalue weighted by Gasteiger charge is -2.35. The first kappa shape index (κ1) is 32.7. The second-order valence-electron chi connectivity index (χ2n) is 13.7. The summed E-state index contributed by atoms with van der Waals surface area (Å²) in [5, 5.41) is 20.6. The molecule has 256 valence electrons. The van der Waals surface area contributed by atoms with Gasteiger partial charge in [-0.2, -0.15) is 0 Å². The zero-order chi connectivity index (χ0) is 34.1. The van der Waals surface area contributed by atoms with Gasteiger partial charge in [0.15, 0.2) is 0 Å². The van der Waals surface area contributed by atoms with E-state index in [1.807, 2.05) is 35.2 Å². The van der Waals surface area contributed by atoms with E-state index in [9.17, 15) is 24.6 Å². The Balaban J connectivity index is 1.22. The molecule has 1 aromatic heterocycles. The van der Waals surface area contributed by atoms with E-state index < -0.39 is 11.9 Å². The molecule has 10 heteroatoms. The smallest absolute Gasteiger partial charge is 0.335 e. The molecule has 2 N–H and O–H groups in total. The van der Waals surface area contributed by atoms with Gasteiger partial charge in [-0.25, -0.2) is 4.79 Å². The number of benzene rings is 3. The number of ether oxygens (including phenoxy) is 1. The summed E-state index contributed by atoms with van der Waals surface area (Å²) < 4.78 is 8.19. The molecule has 1 amide bonds. The number of nitrogens with zero attached hydrogens (tertiary/aromatic N) is 4. The van der Waals surface area contributed by atoms with E-state index in [0.717, 1.165) is 104 Å². The van der Waals surface area contributed by atoms with E-state index in [0.29, 0.717) is 24.3 Å². The van der Waals surface area contributed by atoms with E-state index in [1.54, 1.807) is 16.7 Å². The van der Waals surface area contributed by atoms with E-state index in [-0.39, 0.29) is 23.9 Å². The van der Waals surface area contributed by atoms with Gasteiger partial charge in [-0.3, -0.25) is 9.59 Å². The fraction of sp³-hybridized carbons (Fsp3) is 0.410. The fourth-order valence-corrected chi connectivity index (χ4v) is 7.93. The van der Waals surface area contributed by atoms with Gasteiger partial charge < -0.3 is 34.2 Å². The molecule has 3 aromatic carbocycles. The van der Waals surface area contributed by atoms with E-state index in [1.165, 1.54) is 6.42 Å². The summed E-state index contributed by atoms with van der Waals surface area (Å²) in [7, 11) is 2.14. The highest BCUT2D eigenvalue weighted by molar-refractivity contribution is 5.99. The number of rotatable bonds is 10. The van der Waals surface area contributed by atoms with Gasteiger partial charge in [0.1, 0.15) is 18.9 Å². The number of carbonyl (C=O) groups is 3. The quantitative estimate of drug-likeness (QED) is 0.195. The second kappa shape index (κ2) is 14.0. The van der Waals surface area contributed by atoms with Crippen LogP contribution in [0, 0.1) is 0 Å². The van der Waals surface area contributed by atoms with Gasteiger partial charge in [0.2, 0.25) is 5.91 Å². The number of hydrogen-bond donors (Lipinski definition) is 2. The zero-order valence-corrected chi connectivity index (χ0v) is 28.1. The molecular weight excluding hydrogens is 620 g/mol. The van der Waals surface area contributed by atoms with E-state index in [4.69, 9.17) is 4.74 Å². The Morgan fingerprint density at radius 2 is 1.61 bits per heavy atom. The molecule has 2 aliphatic heterocycles. The Kier molecular flexibility index (Phi) is 9.31. The second-order valence-corrected chi connectivity index (χ2v) is 13.7. The van der Waals surface area contributed by atoms with E-state index >= 15 is 0 Å². The lowest BCUT2D eigenvalue weighted by molar-refractivity contribution is -0.137. The van der Waals surface area contributed by atoms with Crippen molar-refractivity contribution < 1.29 is 29.3 Å². The third-order valence-corrected chi connectivity index (χ3v) is 10.5. The van der Waals surface area contributed by atoms with Crippen LogP contribution < -0.4 is 14.5 Å². The average Bonchev–Trinajstić information content (AvgIpc) is 3.68. The number of amides is 1. The molecule has 0 spiro atoms. The number of piperazine rings is 1. The Morgan fingerprint density at radius 3 is 2.29 bits per heavy atom. The van der Waals surface area contributed by atoms with Gasteiger partial charge >= 0.3 is 11.9 Å². The molecule has 7 rings (SSSR count). The number of carboxylic acids is 2. The minimum absolute atomic E-state index is 0.135. The summed E-state index contributed by atoms with van der Waals surface area (Å²) in [6.45, 7) is 4.59. The van der Waals surface area contributed by atoms with Crippen molar-refractivity contribution in [2.24, 2.45) is 0 Å². The summed E-state index contributed by atoms with van der Waals surface area (Å²) in [6.07, 6.45) is 6.87. The summed E-state index contributed by atoms with van der Waals surface area (Å²) in [5.74, 6) is -0.926. The Morgan fingerprint density at radius 1 is 0.857 bits per heavy atom. The third-order valence-electron chi connectivity index (χ3n) is 10.5. The van der Waals surface area contributed by atoms with Crippen LogP contribution in [-0.4, -0.2) is 77.3 Å². The summed E-state index contributed by atoms with van der Waals surface area (Å²) in [5.41, 5.74) is 6.63. The van der Waals surface area contributed by atoms with Crippen molar-refractivity contribution in [2.75, 3.05) is 49.6 Å². The number of likely N-dealkylation sites (N-methyl/N-ethyl adjacent to an activating group) is 1. The molecule has 0 unspecified atom stereocenters. The number of fused-ring (bicyclic) bond motifs is 1. The summed E-state index contributed by atoms with van der Waals surface area (Å²) in [4.78, 5) is 43.2. The predicted octanol–water partition coefficient (Wildman–Crippen LogP) is 6.60. The number of aromatic carboxylic acids is 1. The van der Waals surface area contributed by atoms with Crippen molar-refractivity contribution in [3.63, 3.8) is 0 Å². The molecule has 3 fully saturated rings. The number of carbonyl (C=O) groups excluding carboxylic acids is 1. The number of hydrogen-bond acceptors (Lipinski definition) is 6. The van der Waals surface area contributed by atoms with Crippen molar-refractivity contribution in [1.29, 1.82) is 0 Å². The molecule has 4 aromatic rings. The standard InChI is InChI=1S/C39H44N4O6/c1-40-18-20-41(21-19-40)33-16-12-30(42-17-5-8-35(42)44)22-29(33)25-49-31-13-9-27(10-14-31)38-37(26-6-3-2-4-7-26)32-15-11-28(39(47)48)23-34(32)43(38)24-36(45)46/h9-16,22-23,26H,2-8,17-21,24-25H2,1H3,(H,45,46)(H,47,48). The van der Waals surface area contributed by atoms with E-state index in [2.05, 4.69) is 35.0 Å². The van der Waals surface area contributed by atoms with Crippen molar-refractivity contribution in [1.82, 2.24) is 9.47 Å². The molecule has 49 heavy (non-hydrogen) atoms. The number of anilines is 2. The summed E-state index contributed by atoms with van der Waals surface area (Å²) in [6, 6.07) is 19.2. The molecule has 10 nitrogen and oxygen atoms in total. The van der Waals surface area contributed by atoms with Crippen molar-refractivity contribution >= 4 is 40.1 Å². The van der Waals surface area contributed by atoms with Gasteiger partial charge in [0.25, 0.3) is 0 Å². The Labute approximate surface area is 286 Å². The SMILES string of the molecule is CN1CCN(c2ccc(N3CCCC3=O)cc2COc2ccc(-c3c(C4CCCCC4)c4ccc(C(=O)O)cc4n3CC(=O)O)cc2)CC1. The van der Waals surface area contributed by atoms with Crippen LogP contribution in [0.1, 0.15) is 72.3 Å². The Bertz CT molecular complexity index is 1870. The van der Waals surface area contributed by atoms with Crippen LogP contribution in [0.25, 0.3) is 22.2 Å². The highest BCUT2D eigenvalue weighted by Crippen LogP contribution is 2.44. The van der Waals surface area contributed by atoms with Crippen LogP contribution >= 0.6 is 0 Å². The first-order valence-corrected chi connectivity index (χ1v) is 17.5. The molecular formula is C39H44N4O6. The van der Waals surface area contributed by atoms with Crippen LogP contribution in [0.4, 0.5) is 11.4 Å². The number of aliphatic carboxylic acids is 1. The number of aromatic nitrogens is 1. The minimum Gasteiger partial charge on any atom is -0.489 e. The maximum Gasteiger partial charge on any atom is 0.335 e. The van der Waals surface area contributed by atoms with Crippen LogP contribution in [0.3, 0.4) is 0 Å². The van der Waals surface area contributed by atoms with Crippen LogP contribution in [0.2, 0.25) is 0 Å². The molecule has 0 atom stereocenters. The fourth-order valence-electron chi connectivity index (χ4n) is 7.93. The first-order chi connectivity index (χ1) is 23.8. The van der Waals surface area contributed by atoms with Crippen LogP contribution in [0.15, 0.2) is 60.7 Å². The maximum absolute atomic E-state index is 12.6. The molecule has 3 aliphatic rings. The van der Waals surface area contributed by atoms with Gasteiger partial charge in [0, 0.05) is 61.5 Å².